The Morgan fingerprint density at radius 3 is 2.00 bits per heavy atom. The smallest absolute Gasteiger partial charge is 0.253 e. The van der Waals surface area contributed by atoms with Crippen LogP contribution in [0.2, 0.25) is 0 Å². The maximum atomic E-state index is 12.4. The number of amides is 2. The minimum absolute atomic E-state index is 0.0614. The van der Waals surface area contributed by atoms with E-state index >= 15 is 0 Å². The Kier molecular flexibility index (Phi) is 8.60. The lowest BCUT2D eigenvalue weighted by molar-refractivity contribution is -0.115. The van der Waals surface area contributed by atoms with Gasteiger partial charge in [0.05, 0.1) is 6.54 Å². The molecule has 0 fully saturated rings. The highest BCUT2D eigenvalue weighted by molar-refractivity contribution is 5.96. The fourth-order valence-electron chi connectivity index (χ4n) is 3.43. The molecule has 162 valence electrons. The fraction of sp³-hybridized carbons (Fsp3) is 0.440. The Morgan fingerprint density at radius 1 is 0.900 bits per heavy atom. The van der Waals surface area contributed by atoms with Crippen LogP contribution in [0.5, 0.6) is 0 Å². The number of rotatable bonds is 9. The summed E-state index contributed by atoms with van der Waals surface area (Å²) >= 11 is 0. The summed E-state index contributed by atoms with van der Waals surface area (Å²) in [5, 5.41) is 6.27. The van der Waals surface area contributed by atoms with Gasteiger partial charge in [-0.2, -0.15) is 0 Å². The summed E-state index contributed by atoms with van der Waals surface area (Å²) < 4.78 is 0. The van der Waals surface area contributed by atoms with Crippen LogP contribution in [0.25, 0.3) is 0 Å². The lowest BCUT2D eigenvalue weighted by Gasteiger charge is -2.23. The summed E-state index contributed by atoms with van der Waals surface area (Å²) in [7, 11) is 3.43. The molecule has 0 spiro atoms. The predicted molar refractivity (Wildman–Crippen MR) is 124 cm³/mol. The third kappa shape index (κ3) is 6.99. The van der Waals surface area contributed by atoms with Crippen LogP contribution >= 0.6 is 0 Å². The molecule has 0 aromatic heterocycles. The molecule has 0 aliphatic rings. The SMILES string of the molecule is CC(C)Cc1ccc([C@H](NCC(=O)Nc2ccc(C(=O)N(C)C)cc2)C(C)C)cc1. The van der Waals surface area contributed by atoms with Crippen molar-refractivity contribution in [2.45, 2.75) is 40.2 Å². The minimum atomic E-state index is -0.108. The van der Waals surface area contributed by atoms with E-state index in [1.807, 2.05) is 0 Å². The average Bonchev–Trinajstić information content (AvgIpc) is 2.68. The zero-order valence-corrected chi connectivity index (χ0v) is 19.0. The first kappa shape index (κ1) is 23.6. The first-order valence-corrected chi connectivity index (χ1v) is 10.6. The van der Waals surface area contributed by atoms with Gasteiger partial charge in [-0.1, -0.05) is 52.0 Å². The number of nitrogens with one attached hydrogen (secondary N) is 2. The van der Waals surface area contributed by atoms with Crippen LogP contribution in [0.15, 0.2) is 48.5 Å². The van der Waals surface area contributed by atoms with Crippen molar-refractivity contribution in [3.05, 3.63) is 65.2 Å². The van der Waals surface area contributed by atoms with Gasteiger partial charge in [-0.15, -0.1) is 0 Å². The zero-order chi connectivity index (χ0) is 22.3. The summed E-state index contributed by atoms with van der Waals surface area (Å²) in [4.78, 5) is 25.9. The van der Waals surface area contributed by atoms with Crippen LogP contribution in [0.3, 0.4) is 0 Å². The molecular formula is C25H35N3O2. The summed E-state index contributed by atoms with van der Waals surface area (Å²) in [5.74, 6) is 0.816. The van der Waals surface area contributed by atoms with E-state index in [1.54, 1.807) is 38.4 Å². The molecule has 2 rings (SSSR count). The molecular weight excluding hydrogens is 374 g/mol. The van der Waals surface area contributed by atoms with Gasteiger partial charge in [-0.05, 0) is 53.6 Å². The van der Waals surface area contributed by atoms with Crippen LogP contribution in [-0.4, -0.2) is 37.4 Å². The van der Waals surface area contributed by atoms with Crippen molar-refractivity contribution in [3.8, 4) is 0 Å². The van der Waals surface area contributed by atoms with E-state index in [2.05, 4.69) is 62.6 Å². The van der Waals surface area contributed by atoms with E-state index in [4.69, 9.17) is 0 Å². The molecule has 2 aromatic rings. The molecule has 1 atom stereocenters. The van der Waals surface area contributed by atoms with Gasteiger partial charge in [0, 0.05) is 31.4 Å². The van der Waals surface area contributed by atoms with Gasteiger partial charge in [-0.25, -0.2) is 0 Å². The van der Waals surface area contributed by atoms with Crippen molar-refractivity contribution in [2.24, 2.45) is 11.8 Å². The highest BCUT2D eigenvalue weighted by atomic mass is 16.2. The van der Waals surface area contributed by atoms with Gasteiger partial charge in [0.25, 0.3) is 5.91 Å². The van der Waals surface area contributed by atoms with Gasteiger partial charge in [0.15, 0.2) is 0 Å². The van der Waals surface area contributed by atoms with Crippen molar-refractivity contribution >= 4 is 17.5 Å². The maximum Gasteiger partial charge on any atom is 0.253 e. The monoisotopic (exact) mass is 409 g/mol. The lowest BCUT2D eigenvalue weighted by Crippen LogP contribution is -2.33. The Balaban J connectivity index is 1.94. The second-order valence-corrected chi connectivity index (χ2v) is 8.77. The zero-order valence-electron chi connectivity index (χ0n) is 19.0. The van der Waals surface area contributed by atoms with Crippen LogP contribution in [-0.2, 0) is 11.2 Å². The average molecular weight is 410 g/mol. The summed E-state index contributed by atoms with van der Waals surface area (Å²) in [6.45, 7) is 8.96. The molecule has 0 heterocycles. The number of hydrogen-bond acceptors (Lipinski definition) is 3. The predicted octanol–water partition coefficient (Wildman–Crippen LogP) is 4.51. The van der Waals surface area contributed by atoms with Crippen molar-refractivity contribution in [1.29, 1.82) is 0 Å². The summed E-state index contributed by atoms with van der Waals surface area (Å²) in [6.07, 6.45) is 1.07. The molecule has 0 saturated heterocycles. The highest BCUT2D eigenvalue weighted by Gasteiger charge is 2.17. The number of benzene rings is 2. The molecule has 0 saturated carbocycles. The first-order chi connectivity index (χ1) is 14.2. The highest BCUT2D eigenvalue weighted by Crippen LogP contribution is 2.22. The van der Waals surface area contributed by atoms with Gasteiger partial charge in [0.1, 0.15) is 0 Å². The molecule has 2 aromatic carbocycles. The van der Waals surface area contributed by atoms with E-state index in [0.717, 1.165) is 6.42 Å². The second kappa shape index (κ2) is 10.9. The topological polar surface area (TPSA) is 61.4 Å². The Hall–Kier alpha value is -2.66. The van der Waals surface area contributed by atoms with Crippen LogP contribution < -0.4 is 10.6 Å². The molecule has 0 unspecified atom stereocenters. The van der Waals surface area contributed by atoms with Gasteiger partial charge < -0.3 is 15.5 Å². The van der Waals surface area contributed by atoms with Crippen LogP contribution in [0.4, 0.5) is 5.69 Å². The van der Waals surface area contributed by atoms with Crippen molar-refractivity contribution in [3.63, 3.8) is 0 Å². The maximum absolute atomic E-state index is 12.4. The van der Waals surface area contributed by atoms with Gasteiger partial charge in [-0.3, -0.25) is 9.59 Å². The van der Waals surface area contributed by atoms with Crippen molar-refractivity contribution < 1.29 is 9.59 Å². The van der Waals surface area contributed by atoms with Crippen LogP contribution in [0, 0.1) is 11.8 Å². The molecule has 0 aliphatic carbocycles. The van der Waals surface area contributed by atoms with Crippen molar-refractivity contribution in [2.75, 3.05) is 26.0 Å². The van der Waals surface area contributed by atoms with E-state index in [9.17, 15) is 9.59 Å². The minimum Gasteiger partial charge on any atom is -0.345 e. The summed E-state index contributed by atoms with van der Waals surface area (Å²) in [5.41, 5.74) is 3.80. The Bertz CT molecular complexity index is 824. The molecule has 0 radical (unpaired) electrons. The van der Waals surface area contributed by atoms with Gasteiger partial charge >= 0.3 is 0 Å². The largest absolute Gasteiger partial charge is 0.345 e. The second-order valence-electron chi connectivity index (χ2n) is 8.77. The van der Waals surface area contributed by atoms with E-state index < -0.39 is 0 Å². The fourth-order valence-corrected chi connectivity index (χ4v) is 3.43. The summed E-state index contributed by atoms with van der Waals surface area (Å²) in [6, 6.07) is 15.7. The number of nitrogens with zero attached hydrogens (tertiary/aromatic N) is 1. The number of anilines is 1. The van der Waals surface area contributed by atoms with Gasteiger partial charge in [0.2, 0.25) is 5.91 Å². The molecule has 0 bridgehead atoms. The van der Waals surface area contributed by atoms with Crippen LogP contribution in [0.1, 0.15) is 55.2 Å². The normalized spacial score (nSPS) is 12.1. The molecule has 2 N–H and O–H groups in total. The van der Waals surface area contributed by atoms with E-state index in [-0.39, 0.29) is 24.4 Å². The van der Waals surface area contributed by atoms with E-state index in [1.165, 1.54) is 16.0 Å². The Morgan fingerprint density at radius 2 is 1.50 bits per heavy atom. The quantitative estimate of drug-likeness (QED) is 0.640. The first-order valence-electron chi connectivity index (χ1n) is 10.6. The van der Waals surface area contributed by atoms with E-state index in [0.29, 0.717) is 23.1 Å². The van der Waals surface area contributed by atoms with Crippen molar-refractivity contribution in [1.82, 2.24) is 10.2 Å². The molecule has 5 nitrogen and oxygen atoms in total. The molecule has 5 heteroatoms. The third-order valence-electron chi connectivity index (χ3n) is 4.95. The number of carbonyl (C=O) groups excluding carboxylic acids is 2. The molecule has 0 aliphatic heterocycles. The standard InChI is InChI=1S/C25H35N3O2/c1-17(2)15-19-7-9-20(10-8-19)24(18(3)4)26-16-23(29)27-22-13-11-21(12-14-22)25(30)28(5)6/h7-14,17-18,24,26H,15-16H2,1-6H3,(H,27,29)/t24-/m1/s1. The lowest BCUT2D eigenvalue weighted by atomic mass is 9.93. The molecule has 2 amide bonds. The third-order valence-corrected chi connectivity index (χ3v) is 4.95. The Labute approximate surface area is 180 Å². The molecule has 30 heavy (non-hydrogen) atoms. The number of carbonyl (C=O) groups is 2. The number of hydrogen-bond donors (Lipinski definition) is 2.